The maximum atomic E-state index is 6.17. The van der Waals surface area contributed by atoms with Crippen molar-refractivity contribution in [1.29, 1.82) is 0 Å². The molecule has 2 saturated heterocycles. The number of fused-ring (bicyclic) bond motifs is 1. The third kappa shape index (κ3) is 2.27. The average molecular weight is 308 g/mol. The van der Waals surface area contributed by atoms with E-state index in [0.29, 0.717) is 29.7 Å². The number of anilines is 1. The molecule has 4 heterocycles. The standard InChI is InChI=1S/C14H18ClN5O/c15-11-5-9(6-19-3-1-2-4-19)13-12(17-11)14(16)18-20(13)10-7-21-8-10/h5,10H,1-4,6-8H2,(H2,16,18). The molecule has 21 heavy (non-hydrogen) atoms. The van der Waals surface area contributed by atoms with E-state index in [4.69, 9.17) is 22.1 Å². The summed E-state index contributed by atoms with van der Waals surface area (Å²) in [6, 6.07) is 2.20. The maximum absolute atomic E-state index is 6.17. The van der Waals surface area contributed by atoms with E-state index in [-0.39, 0.29) is 6.04 Å². The van der Waals surface area contributed by atoms with Crippen LogP contribution in [0.1, 0.15) is 24.4 Å². The third-order valence-corrected chi connectivity index (χ3v) is 4.48. The summed E-state index contributed by atoms with van der Waals surface area (Å²) in [5.41, 5.74) is 8.91. The Balaban J connectivity index is 1.82. The van der Waals surface area contributed by atoms with Crippen molar-refractivity contribution >= 4 is 28.5 Å². The van der Waals surface area contributed by atoms with Crippen molar-refractivity contribution in [2.75, 3.05) is 32.0 Å². The van der Waals surface area contributed by atoms with Crippen LogP contribution in [-0.4, -0.2) is 46.0 Å². The number of aromatic nitrogens is 3. The number of nitrogens with zero attached hydrogens (tertiary/aromatic N) is 4. The number of halogens is 1. The summed E-state index contributed by atoms with van der Waals surface area (Å²) < 4.78 is 7.26. The maximum Gasteiger partial charge on any atom is 0.172 e. The first-order valence-electron chi connectivity index (χ1n) is 7.35. The number of nitrogens with two attached hydrogens (primary N) is 1. The predicted molar refractivity (Wildman–Crippen MR) is 81.3 cm³/mol. The normalized spacial score (nSPS) is 20.2. The highest BCUT2D eigenvalue weighted by Gasteiger charge is 2.27. The zero-order valence-electron chi connectivity index (χ0n) is 11.8. The van der Waals surface area contributed by atoms with Crippen LogP contribution in [0, 0.1) is 0 Å². The minimum atomic E-state index is 0.255. The SMILES string of the molecule is Nc1nn(C2COC2)c2c(CN3CCCC3)cc(Cl)nc12. The molecule has 2 aliphatic heterocycles. The van der Waals surface area contributed by atoms with Gasteiger partial charge < -0.3 is 10.5 Å². The minimum absolute atomic E-state index is 0.255. The molecule has 0 unspecified atom stereocenters. The molecule has 0 saturated carbocycles. The fourth-order valence-corrected chi connectivity index (χ4v) is 3.35. The monoisotopic (exact) mass is 307 g/mol. The predicted octanol–water partition coefficient (Wildman–Crippen LogP) is 1.83. The van der Waals surface area contributed by atoms with E-state index in [1.54, 1.807) is 0 Å². The lowest BCUT2D eigenvalue weighted by Crippen LogP contribution is -2.31. The highest BCUT2D eigenvalue weighted by atomic mass is 35.5. The van der Waals surface area contributed by atoms with Gasteiger partial charge in [0.05, 0.1) is 24.8 Å². The Labute approximate surface area is 127 Å². The van der Waals surface area contributed by atoms with Gasteiger partial charge in [-0.2, -0.15) is 5.10 Å². The number of hydrogen-bond donors (Lipinski definition) is 1. The van der Waals surface area contributed by atoms with Gasteiger partial charge in [-0.25, -0.2) is 4.98 Å². The summed E-state index contributed by atoms with van der Waals surface area (Å²) in [5.74, 6) is 0.446. The minimum Gasteiger partial charge on any atom is -0.380 e. The molecule has 0 aromatic carbocycles. The lowest BCUT2D eigenvalue weighted by atomic mass is 10.2. The molecule has 7 heteroatoms. The van der Waals surface area contributed by atoms with Gasteiger partial charge in [0.25, 0.3) is 0 Å². The molecule has 112 valence electrons. The number of pyridine rings is 1. The van der Waals surface area contributed by atoms with Crippen LogP contribution in [0.5, 0.6) is 0 Å². The summed E-state index contributed by atoms with van der Waals surface area (Å²) >= 11 is 6.17. The molecule has 4 rings (SSSR count). The molecule has 2 aromatic rings. The number of rotatable bonds is 3. The van der Waals surface area contributed by atoms with Crippen LogP contribution >= 0.6 is 11.6 Å². The van der Waals surface area contributed by atoms with Gasteiger partial charge in [0.15, 0.2) is 5.82 Å². The molecule has 0 radical (unpaired) electrons. The number of hydrogen-bond acceptors (Lipinski definition) is 5. The van der Waals surface area contributed by atoms with Gasteiger partial charge in [0.1, 0.15) is 10.7 Å². The van der Waals surface area contributed by atoms with E-state index in [9.17, 15) is 0 Å². The molecular weight excluding hydrogens is 290 g/mol. The number of ether oxygens (including phenoxy) is 1. The Hall–Kier alpha value is -1.37. The van der Waals surface area contributed by atoms with Crippen molar-refractivity contribution in [2.24, 2.45) is 0 Å². The van der Waals surface area contributed by atoms with E-state index in [0.717, 1.165) is 30.7 Å². The highest BCUT2D eigenvalue weighted by Crippen LogP contribution is 2.31. The molecule has 6 nitrogen and oxygen atoms in total. The van der Waals surface area contributed by atoms with Crippen LogP contribution in [0.15, 0.2) is 6.07 Å². The fourth-order valence-electron chi connectivity index (χ4n) is 3.13. The van der Waals surface area contributed by atoms with Crippen molar-refractivity contribution < 1.29 is 4.74 Å². The van der Waals surface area contributed by atoms with Gasteiger partial charge in [0.2, 0.25) is 0 Å². The summed E-state index contributed by atoms with van der Waals surface area (Å²) in [6.45, 7) is 4.51. The fraction of sp³-hybridized carbons (Fsp3) is 0.571. The highest BCUT2D eigenvalue weighted by molar-refractivity contribution is 6.30. The zero-order valence-corrected chi connectivity index (χ0v) is 12.5. The summed E-state index contributed by atoms with van der Waals surface area (Å²) in [6.07, 6.45) is 2.53. The Kier molecular flexibility index (Phi) is 3.24. The second-order valence-electron chi connectivity index (χ2n) is 5.81. The van der Waals surface area contributed by atoms with Gasteiger partial charge in [-0.3, -0.25) is 9.58 Å². The Morgan fingerprint density at radius 3 is 2.76 bits per heavy atom. The first-order valence-corrected chi connectivity index (χ1v) is 7.73. The van der Waals surface area contributed by atoms with Crippen LogP contribution < -0.4 is 5.73 Å². The first-order chi connectivity index (χ1) is 10.2. The number of likely N-dealkylation sites (tertiary alicyclic amines) is 1. The molecule has 2 aromatic heterocycles. The van der Waals surface area contributed by atoms with Crippen molar-refractivity contribution in [3.8, 4) is 0 Å². The summed E-state index contributed by atoms with van der Waals surface area (Å²) in [7, 11) is 0. The molecule has 0 spiro atoms. The third-order valence-electron chi connectivity index (χ3n) is 4.29. The van der Waals surface area contributed by atoms with E-state index in [2.05, 4.69) is 15.0 Å². The van der Waals surface area contributed by atoms with E-state index >= 15 is 0 Å². The van der Waals surface area contributed by atoms with Gasteiger partial charge in [-0.05, 0) is 37.6 Å². The van der Waals surface area contributed by atoms with Crippen molar-refractivity contribution in [3.63, 3.8) is 0 Å². The lowest BCUT2D eigenvalue weighted by Gasteiger charge is -2.27. The Morgan fingerprint density at radius 2 is 2.10 bits per heavy atom. The van der Waals surface area contributed by atoms with Crippen LogP contribution in [-0.2, 0) is 11.3 Å². The van der Waals surface area contributed by atoms with Crippen LogP contribution in [0.2, 0.25) is 5.15 Å². The van der Waals surface area contributed by atoms with Crippen molar-refractivity contribution in [3.05, 3.63) is 16.8 Å². The van der Waals surface area contributed by atoms with Crippen LogP contribution in [0.4, 0.5) is 5.82 Å². The molecule has 0 aliphatic carbocycles. The molecule has 0 bridgehead atoms. The smallest absolute Gasteiger partial charge is 0.172 e. The molecule has 2 fully saturated rings. The van der Waals surface area contributed by atoms with Crippen LogP contribution in [0.3, 0.4) is 0 Å². The van der Waals surface area contributed by atoms with Gasteiger partial charge >= 0.3 is 0 Å². The molecule has 2 N–H and O–H groups in total. The van der Waals surface area contributed by atoms with Crippen molar-refractivity contribution in [2.45, 2.75) is 25.4 Å². The van der Waals surface area contributed by atoms with Crippen LogP contribution in [0.25, 0.3) is 11.0 Å². The van der Waals surface area contributed by atoms with E-state index < -0.39 is 0 Å². The molecule has 2 aliphatic rings. The molecule has 0 atom stereocenters. The second kappa shape index (κ2) is 5.12. The molecular formula is C14H18ClN5O. The van der Waals surface area contributed by atoms with Crippen molar-refractivity contribution in [1.82, 2.24) is 19.7 Å². The molecule has 0 amide bonds. The topological polar surface area (TPSA) is 69.2 Å². The van der Waals surface area contributed by atoms with Gasteiger partial charge in [0, 0.05) is 6.54 Å². The van der Waals surface area contributed by atoms with Gasteiger partial charge in [-0.15, -0.1) is 0 Å². The lowest BCUT2D eigenvalue weighted by molar-refractivity contribution is -0.0266. The van der Waals surface area contributed by atoms with E-state index in [1.165, 1.54) is 12.8 Å². The van der Waals surface area contributed by atoms with E-state index in [1.807, 2.05) is 10.7 Å². The first kappa shape index (κ1) is 13.3. The zero-order chi connectivity index (χ0) is 14.4. The summed E-state index contributed by atoms with van der Waals surface area (Å²) in [5, 5.41) is 4.94. The second-order valence-corrected chi connectivity index (χ2v) is 6.19. The Bertz CT molecular complexity index is 676. The quantitative estimate of drug-likeness (QED) is 0.876. The number of nitrogen functional groups attached to an aromatic ring is 1. The Morgan fingerprint density at radius 1 is 1.33 bits per heavy atom. The average Bonchev–Trinajstić information content (AvgIpc) is 2.97. The largest absolute Gasteiger partial charge is 0.380 e. The van der Waals surface area contributed by atoms with Gasteiger partial charge in [-0.1, -0.05) is 11.6 Å². The summed E-state index contributed by atoms with van der Waals surface area (Å²) in [4.78, 5) is 6.81.